The summed E-state index contributed by atoms with van der Waals surface area (Å²) in [5.41, 5.74) is 0.0586. The van der Waals surface area contributed by atoms with Gasteiger partial charge in [-0.05, 0) is 81.6 Å². The molecule has 16 heteroatoms. The zero-order valence-electron chi connectivity index (χ0n) is 31.7. The van der Waals surface area contributed by atoms with Crippen molar-refractivity contribution in [1.82, 2.24) is 30.7 Å². The summed E-state index contributed by atoms with van der Waals surface area (Å²) >= 11 is 0. The molecular formula is C39H52F2N6O8. The molecule has 3 N–H and O–H groups in total. The number of halogens is 2. The van der Waals surface area contributed by atoms with E-state index in [4.69, 9.17) is 4.74 Å². The molecule has 0 radical (unpaired) electrons. The second kappa shape index (κ2) is 18.6. The van der Waals surface area contributed by atoms with Crippen LogP contribution >= 0.6 is 0 Å². The SMILES string of the molecule is CCCC/C=C/C(=O)N[C@@H](Cc1cc(F)cc(F)c1)C(=O)N[C@H]1COC(=O)[C@@H]2C[C@@H](C)CN2C(=O)[C@H](C)NC(=O)[C@@H]2CCCCN2C(=O)[C@@H]2CCCN2C1=O. The fourth-order valence-electron chi connectivity index (χ4n) is 7.89. The van der Waals surface area contributed by atoms with Gasteiger partial charge in [-0.3, -0.25) is 28.8 Å². The monoisotopic (exact) mass is 770 g/mol. The first-order valence-corrected chi connectivity index (χ1v) is 19.4. The van der Waals surface area contributed by atoms with Gasteiger partial charge in [0, 0.05) is 32.1 Å². The second-order valence-corrected chi connectivity index (χ2v) is 15.1. The summed E-state index contributed by atoms with van der Waals surface area (Å²) in [7, 11) is 0. The highest BCUT2D eigenvalue weighted by Gasteiger charge is 2.46. The number of nitrogens with zero attached hydrogens (tertiary/aromatic N) is 3. The Labute approximate surface area is 319 Å². The Morgan fingerprint density at radius 3 is 2.33 bits per heavy atom. The van der Waals surface area contributed by atoms with Gasteiger partial charge in [0.05, 0.1) is 0 Å². The Morgan fingerprint density at radius 2 is 1.60 bits per heavy atom. The fourth-order valence-corrected chi connectivity index (χ4v) is 7.89. The second-order valence-electron chi connectivity index (χ2n) is 15.1. The van der Waals surface area contributed by atoms with Gasteiger partial charge in [0.15, 0.2) is 0 Å². The predicted octanol–water partition coefficient (Wildman–Crippen LogP) is 1.89. The van der Waals surface area contributed by atoms with Crippen LogP contribution in [0, 0.1) is 17.6 Å². The van der Waals surface area contributed by atoms with Crippen LogP contribution in [0.1, 0.15) is 84.1 Å². The number of piperidine rings is 1. The van der Waals surface area contributed by atoms with Crippen LogP contribution in [-0.4, -0.2) is 119 Å². The molecule has 14 nitrogen and oxygen atoms in total. The minimum absolute atomic E-state index is 0.0586. The van der Waals surface area contributed by atoms with Crippen LogP contribution in [-0.2, 0) is 44.7 Å². The minimum atomic E-state index is -1.55. The number of rotatable bonds is 9. The van der Waals surface area contributed by atoms with Gasteiger partial charge in [-0.25, -0.2) is 13.6 Å². The predicted molar refractivity (Wildman–Crippen MR) is 195 cm³/mol. The summed E-state index contributed by atoms with van der Waals surface area (Å²) < 4.78 is 34.0. The third-order valence-corrected chi connectivity index (χ3v) is 10.7. The van der Waals surface area contributed by atoms with Gasteiger partial charge in [0.1, 0.15) is 54.5 Å². The largest absolute Gasteiger partial charge is 0.461 e. The molecule has 4 aliphatic rings. The van der Waals surface area contributed by atoms with Crippen molar-refractivity contribution >= 4 is 41.4 Å². The summed E-state index contributed by atoms with van der Waals surface area (Å²) in [4.78, 5) is 101. The summed E-state index contributed by atoms with van der Waals surface area (Å²) in [6.07, 6.45) is 7.56. The molecule has 0 aromatic heterocycles. The number of carbonyl (C=O) groups is 7. The molecule has 4 aliphatic heterocycles. The Hall–Kier alpha value is -4.89. The summed E-state index contributed by atoms with van der Waals surface area (Å²) in [5.74, 6) is -6.41. The molecule has 300 valence electrons. The smallest absolute Gasteiger partial charge is 0.328 e. The van der Waals surface area contributed by atoms with Crippen LogP contribution in [0.2, 0.25) is 0 Å². The zero-order valence-corrected chi connectivity index (χ0v) is 31.7. The van der Waals surface area contributed by atoms with E-state index in [1.54, 1.807) is 6.08 Å². The van der Waals surface area contributed by atoms with Crippen molar-refractivity contribution in [2.45, 2.75) is 121 Å². The van der Waals surface area contributed by atoms with E-state index < -0.39 is 95.9 Å². The Bertz CT molecular complexity index is 1650. The number of amides is 6. The van der Waals surface area contributed by atoms with Crippen LogP contribution < -0.4 is 16.0 Å². The van der Waals surface area contributed by atoms with E-state index in [1.165, 1.54) is 27.7 Å². The van der Waals surface area contributed by atoms with Crippen molar-refractivity contribution in [1.29, 1.82) is 0 Å². The molecule has 0 spiro atoms. The Kier molecular flexibility index (Phi) is 14.0. The van der Waals surface area contributed by atoms with Crippen LogP contribution in [0.4, 0.5) is 8.78 Å². The highest BCUT2D eigenvalue weighted by molar-refractivity contribution is 5.98. The average molecular weight is 771 g/mol. The number of carbonyl (C=O) groups excluding carboxylic acids is 7. The van der Waals surface area contributed by atoms with Gasteiger partial charge >= 0.3 is 5.97 Å². The van der Waals surface area contributed by atoms with E-state index in [0.29, 0.717) is 38.2 Å². The van der Waals surface area contributed by atoms with E-state index in [1.807, 2.05) is 13.8 Å². The first kappa shape index (κ1) is 41.3. The quantitative estimate of drug-likeness (QED) is 0.194. The molecule has 0 unspecified atom stereocenters. The molecule has 6 amide bonds. The lowest BCUT2D eigenvalue weighted by Gasteiger charge is -2.39. The lowest BCUT2D eigenvalue weighted by molar-refractivity contribution is -0.158. The maximum atomic E-state index is 14.4. The lowest BCUT2D eigenvalue weighted by Crippen LogP contribution is -2.62. The van der Waals surface area contributed by atoms with E-state index >= 15 is 0 Å². The number of fused-ring (bicyclic) bond motifs is 3. The highest BCUT2D eigenvalue weighted by atomic mass is 19.1. The number of ether oxygens (including phenoxy) is 1. The van der Waals surface area contributed by atoms with Crippen LogP contribution in [0.3, 0.4) is 0 Å². The molecular weight excluding hydrogens is 718 g/mol. The normalized spacial score (nSPS) is 27.3. The molecule has 4 fully saturated rings. The maximum Gasteiger partial charge on any atom is 0.328 e. The van der Waals surface area contributed by atoms with Crippen molar-refractivity contribution in [2.75, 3.05) is 26.2 Å². The standard InChI is InChI=1S/C39H52F2N6O8/c1-4-5-6-7-13-33(48)43-28(19-25-17-26(40)20-27(41)18-25)34(49)44-29-22-55-39(54)32-16-23(2)21-47(32)36(51)24(3)42-35(50)30-11-8-9-14-45(30)38(53)31-12-10-15-46(31)37(29)52/h7,13,17-18,20,23-24,28-32H,4-6,8-12,14-16,19,21-22H2,1-3H3,(H,42,50)(H,43,48)(H,44,49)/b13-7+/t23-,24+,28+,29+,30+,31+,32+/m1/s1. The number of hydrogen-bond acceptors (Lipinski definition) is 8. The first-order chi connectivity index (χ1) is 26.3. The van der Waals surface area contributed by atoms with Crippen molar-refractivity contribution < 1.29 is 47.1 Å². The van der Waals surface area contributed by atoms with Gasteiger partial charge in [-0.1, -0.05) is 32.8 Å². The first-order valence-electron chi connectivity index (χ1n) is 19.4. The van der Waals surface area contributed by atoms with Crippen molar-refractivity contribution in [3.63, 3.8) is 0 Å². The molecule has 55 heavy (non-hydrogen) atoms. The molecule has 4 heterocycles. The fraction of sp³-hybridized carbons (Fsp3) is 0.615. The Morgan fingerprint density at radius 1 is 0.909 bits per heavy atom. The molecule has 1 aromatic rings. The summed E-state index contributed by atoms with van der Waals surface area (Å²) in [6.45, 7) is 5.35. The van der Waals surface area contributed by atoms with E-state index in [0.717, 1.165) is 25.0 Å². The number of cyclic esters (lactones) is 1. The molecule has 0 aliphatic carbocycles. The summed E-state index contributed by atoms with van der Waals surface area (Å²) in [6, 6.07) is -4.14. The Balaban J connectivity index is 1.47. The van der Waals surface area contributed by atoms with Gasteiger partial charge in [0.2, 0.25) is 35.4 Å². The maximum absolute atomic E-state index is 14.4. The molecule has 1 aromatic carbocycles. The van der Waals surface area contributed by atoms with Gasteiger partial charge < -0.3 is 35.4 Å². The third kappa shape index (κ3) is 10.3. The topological polar surface area (TPSA) is 175 Å². The number of hydrogen-bond donors (Lipinski definition) is 3. The lowest BCUT2D eigenvalue weighted by atomic mass is 9.99. The molecule has 0 bridgehead atoms. The van der Waals surface area contributed by atoms with Crippen molar-refractivity contribution in [3.05, 3.63) is 47.5 Å². The molecule has 4 saturated heterocycles. The van der Waals surface area contributed by atoms with Crippen LogP contribution in [0.15, 0.2) is 30.4 Å². The van der Waals surface area contributed by atoms with E-state index in [2.05, 4.69) is 16.0 Å². The average Bonchev–Trinajstić information content (AvgIpc) is 3.80. The van der Waals surface area contributed by atoms with E-state index in [9.17, 15) is 42.3 Å². The summed E-state index contributed by atoms with van der Waals surface area (Å²) in [5, 5.41) is 7.92. The van der Waals surface area contributed by atoms with Gasteiger partial charge in [0.25, 0.3) is 0 Å². The van der Waals surface area contributed by atoms with E-state index in [-0.39, 0.29) is 50.4 Å². The zero-order chi connectivity index (χ0) is 39.8. The van der Waals surface area contributed by atoms with Crippen molar-refractivity contribution in [2.24, 2.45) is 5.92 Å². The number of benzene rings is 1. The van der Waals surface area contributed by atoms with Gasteiger partial charge in [-0.2, -0.15) is 0 Å². The van der Waals surface area contributed by atoms with Crippen molar-refractivity contribution in [3.8, 4) is 0 Å². The minimum Gasteiger partial charge on any atom is -0.461 e. The molecule has 7 atom stereocenters. The highest BCUT2D eigenvalue weighted by Crippen LogP contribution is 2.28. The third-order valence-electron chi connectivity index (χ3n) is 10.7. The number of unbranched alkanes of at least 4 members (excludes halogenated alkanes) is 2. The number of allylic oxidation sites excluding steroid dienone is 1. The molecule has 5 rings (SSSR count). The number of nitrogens with one attached hydrogen (secondary N) is 3. The molecule has 0 saturated carbocycles. The van der Waals surface area contributed by atoms with Crippen LogP contribution in [0.5, 0.6) is 0 Å². The van der Waals surface area contributed by atoms with Gasteiger partial charge in [-0.15, -0.1) is 0 Å². The number of esters is 1. The van der Waals surface area contributed by atoms with Crippen LogP contribution in [0.25, 0.3) is 0 Å².